The normalized spacial score (nSPS) is 16.6. The molecule has 0 aromatic heterocycles. The van der Waals surface area contributed by atoms with Gasteiger partial charge in [-0.15, -0.1) is 0 Å². The van der Waals surface area contributed by atoms with Crippen molar-refractivity contribution in [2.24, 2.45) is 5.92 Å². The van der Waals surface area contributed by atoms with Crippen molar-refractivity contribution in [3.8, 4) is 0 Å². The molecule has 0 radical (unpaired) electrons. The molecule has 1 aliphatic carbocycles. The topological polar surface area (TPSA) is 66.5 Å². The average molecular weight is 338 g/mol. The maximum absolute atomic E-state index is 12.5. The third-order valence-corrected chi connectivity index (χ3v) is 6.45. The standard InChI is InChI=1S/C17H26N2O3S/c1-12-10-15(23(21,22)19(3)4)11-16(13(12)2)18-17(20)14-8-6-5-7-9-14/h10-11,14H,5-9H2,1-4H3,(H,18,20). The molecule has 1 amide bonds. The number of anilines is 1. The number of hydrogen-bond acceptors (Lipinski definition) is 3. The molecule has 1 fully saturated rings. The Morgan fingerprint density at radius 1 is 1.13 bits per heavy atom. The van der Waals surface area contributed by atoms with Gasteiger partial charge >= 0.3 is 0 Å². The maximum atomic E-state index is 12.5. The van der Waals surface area contributed by atoms with Crippen molar-refractivity contribution in [1.29, 1.82) is 0 Å². The molecule has 23 heavy (non-hydrogen) atoms. The fraction of sp³-hybridized carbons (Fsp3) is 0.588. The molecule has 1 aromatic rings. The highest BCUT2D eigenvalue weighted by Crippen LogP contribution is 2.28. The Morgan fingerprint density at radius 3 is 2.30 bits per heavy atom. The van der Waals surface area contributed by atoms with Gasteiger partial charge in [-0.25, -0.2) is 12.7 Å². The van der Waals surface area contributed by atoms with Crippen LogP contribution in [0.2, 0.25) is 0 Å². The van der Waals surface area contributed by atoms with Crippen LogP contribution in [-0.2, 0) is 14.8 Å². The third kappa shape index (κ3) is 3.93. The summed E-state index contributed by atoms with van der Waals surface area (Å²) in [5.41, 5.74) is 2.36. The number of carbonyl (C=O) groups excluding carboxylic acids is 1. The number of amides is 1. The molecule has 1 aromatic carbocycles. The summed E-state index contributed by atoms with van der Waals surface area (Å²) in [6.45, 7) is 3.76. The maximum Gasteiger partial charge on any atom is 0.242 e. The summed E-state index contributed by atoms with van der Waals surface area (Å²) < 4.78 is 25.9. The van der Waals surface area contributed by atoms with E-state index >= 15 is 0 Å². The minimum Gasteiger partial charge on any atom is -0.326 e. The van der Waals surface area contributed by atoms with Crippen LogP contribution >= 0.6 is 0 Å². The molecule has 0 unspecified atom stereocenters. The zero-order chi connectivity index (χ0) is 17.2. The minimum atomic E-state index is -3.52. The van der Waals surface area contributed by atoms with Crippen LogP contribution in [0.25, 0.3) is 0 Å². The average Bonchev–Trinajstić information content (AvgIpc) is 2.52. The molecule has 0 spiro atoms. The van der Waals surface area contributed by atoms with Crippen LogP contribution in [0.1, 0.15) is 43.2 Å². The Morgan fingerprint density at radius 2 is 1.74 bits per heavy atom. The Bertz CT molecular complexity index is 690. The summed E-state index contributed by atoms with van der Waals surface area (Å²) in [6, 6.07) is 3.22. The second kappa shape index (κ2) is 7.01. The van der Waals surface area contributed by atoms with E-state index in [0.29, 0.717) is 5.69 Å². The molecule has 0 bridgehead atoms. The molecule has 2 rings (SSSR count). The first-order chi connectivity index (χ1) is 10.7. The molecule has 0 atom stereocenters. The Kier molecular flexibility index (Phi) is 5.47. The number of sulfonamides is 1. The Balaban J connectivity index is 2.31. The van der Waals surface area contributed by atoms with E-state index in [0.717, 1.165) is 36.8 Å². The minimum absolute atomic E-state index is 0.00611. The van der Waals surface area contributed by atoms with Gasteiger partial charge in [-0.05, 0) is 49.9 Å². The predicted molar refractivity (Wildman–Crippen MR) is 92.0 cm³/mol. The smallest absolute Gasteiger partial charge is 0.242 e. The summed E-state index contributed by atoms with van der Waals surface area (Å²) in [6.07, 6.45) is 5.20. The van der Waals surface area contributed by atoms with Gasteiger partial charge in [-0.3, -0.25) is 4.79 Å². The van der Waals surface area contributed by atoms with Crippen molar-refractivity contribution in [2.45, 2.75) is 50.8 Å². The third-order valence-electron chi connectivity index (χ3n) is 4.65. The quantitative estimate of drug-likeness (QED) is 0.917. The molecule has 1 N–H and O–H groups in total. The van der Waals surface area contributed by atoms with Gasteiger partial charge in [0.15, 0.2) is 0 Å². The lowest BCUT2D eigenvalue weighted by atomic mass is 9.88. The van der Waals surface area contributed by atoms with Crippen LogP contribution in [0, 0.1) is 19.8 Å². The molecule has 0 saturated heterocycles. The number of benzene rings is 1. The first kappa shape index (κ1) is 17.9. The van der Waals surface area contributed by atoms with Gasteiger partial charge in [-0.2, -0.15) is 0 Å². The van der Waals surface area contributed by atoms with Crippen LogP contribution < -0.4 is 5.32 Å². The van der Waals surface area contributed by atoms with Gasteiger partial charge in [0, 0.05) is 25.7 Å². The highest BCUT2D eigenvalue weighted by atomic mass is 32.2. The highest BCUT2D eigenvalue weighted by molar-refractivity contribution is 7.89. The van der Waals surface area contributed by atoms with Gasteiger partial charge in [-0.1, -0.05) is 19.3 Å². The zero-order valence-electron chi connectivity index (χ0n) is 14.3. The van der Waals surface area contributed by atoms with Crippen LogP contribution in [0.3, 0.4) is 0 Å². The first-order valence-corrected chi connectivity index (χ1v) is 9.52. The summed E-state index contributed by atoms with van der Waals surface area (Å²) in [7, 11) is -0.508. The molecule has 5 nitrogen and oxygen atoms in total. The summed E-state index contributed by atoms with van der Waals surface area (Å²) in [5.74, 6) is 0.0455. The molecule has 0 aliphatic heterocycles. The van der Waals surface area contributed by atoms with Gasteiger partial charge in [0.2, 0.25) is 15.9 Å². The van der Waals surface area contributed by atoms with Crippen molar-refractivity contribution in [2.75, 3.05) is 19.4 Å². The van der Waals surface area contributed by atoms with E-state index in [1.165, 1.54) is 24.8 Å². The lowest BCUT2D eigenvalue weighted by Gasteiger charge is -2.22. The van der Waals surface area contributed by atoms with E-state index in [1.54, 1.807) is 12.1 Å². The molecular weight excluding hydrogens is 312 g/mol. The fourth-order valence-corrected chi connectivity index (χ4v) is 3.93. The lowest BCUT2D eigenvalue weighted by molar-refractivity contribution is -0.120. The molecule has 128 valence electrons. The number of hydrogen-bond donors (Lipinski definition) is 1. The van der Waals surface area contributed by atoms with Crippen LogP contribution in [0.5, 0.6) is 0 Å². The van der Waals surface area contributed by atoms with Crippen LogP contribution in [-0.4, -0.2) is 32.7 Å². The fourth-order valence-electron chi connectivity index (χ4n) is 2.92. The first-order valence-electron chi connectivity index (χ1n) is 8.08. The van der Waals surface area contributed by atoms with Gasteiger partial charge in [0.1, 0.15) is 0 Å². The number of nitrogens with one attached hydrogen (secondary N) is 1. The summed E-state index contributed by atoms with van der Waals surface area (Å²) in [5, 5.41) is 2.95. The predicted octanol–water partition coefficient (Wildman–Crippen LogP) is 3.07. The molecule has 1 aliphatic rings. The largest absolute Gasteiger partial charge is 0.326 e. The van der Waals surface area contributed by atoms with E-state index in [9.17, 15) is 13.2 Å². The number of rotatable bonds is 4. The van der Waals surface area contributed by atoms with E-state index in [1.807, 2.05) is 13.8 Å². The van der Waals surface area contributed by atoms with E-state index in [4.69, 9.17) is 0 Å². The summed E-state index contributed by atoms with van der Waals surface area (Å²) in [4.78, 5) is 12.7. The Labute approximate surface area is 139 Å². The van der Waals surface area contributed by atoms with Crippen molar-refractivity contribution >= 4 is 21.6 Å². The number of aryl methyl sites for hydroxylation is 1. The molecule has 0 heterocycles. The zero-order valence-corrected chi connectivity index (χ0v) is 15.2. The SMILES string of the molecule is Cc1cc(S(=O)(=O)N(C)C)cc(NC(=O)C2CCCCC2)c1C. The Hall–Kier alpha value is -1.40. The van der Waals surface area contributed by atoms with Crippen molar-refractivity contribution in [3.05, 3.63) is 23.3 Å². The second-order valence-corrected chi connectivity index (χ2v) is 8.68. The monoisotopic (exact) mass is 338 g/mol. The van der Waals surface area contributed by atoms with Gasteiger partial charge < -0.3 is 5.32 Å². The van der Waals surface area contributed by atoms with E-state index in [2.05, 4.69) is 5.32 Å². The number of nitrogens with zero attached hydrogens (tertiary/aromatic N) is 1. The van der Waals surface area contributed by atoms with Crippen molar-refractivity contribution < 1.29 is 13.2 Å². The van der Waals surface area contributed by atoms with Gasteiger partial charge in [0.25, 0.3) is 0 Å². The molecular formula is C17H26N2O3S. The lowest BCUT2D eigenvalue weighted by Crippen LogP contribution is -2.26. The summed E-state index contributed by atoms with van der Waals surface area (Å²) >= 11 is 0. The molecule has 1 saturated carbocycles. The van der Waals surface area contributed by atoms with Crippen molar-refractivity contribution in [3.63, 3.8) is 0 Å². The van der Waals surface area contributed by atoms with Crippen LogP contribution in [0.15, 0.2) is 17.0 Å². The second-order valence-electron chi connectivity index (χ2n) is 6.52. The van der Waals surface area contributed by atoms with Crippen LogP contribution in [0.4, 0.5) is 5.69 Å². The van der Waals surface area contributed by atoms with Gasteiger partial charge in [0.05, 0.1) is 4.90 Å². The van der Waals surface area contributed by atoms with E-state index < -0.39 is 10.0 Å². The highest BCUT2D eigenvalue weighted by Gasteiger charge is 2.24. The number of carbonyl (C=O) groups is 1. The van der Waals surface area contributed by atoms with Crippen molar-refractivity contribution in [1.82, 2.24) is 4.31 Å². The van der Waals surface area contributed by atoms with E-state index in [-0.39, 0.29) is 16.7 Å². The molecule has 6 heteroatoms.